The quantitative estimate of drug-likeness (QED) is 0.593. The zero-order valence-corrected chi connectivity index (χ0v) is 15.4. The first-order valence-electron chi connectivity index (χ1n) is 8.27. The van der Waals surface area contributed by atoms with Crippen LogP contribution in [0.2, 0.25) is 0 Å². The van der Waals surface area contributed by atoms with Crippen molar-refractivity contribution in [3.63, 3.8) is 0 Å². The second-order valence-electron chi connectivity index (χ2n) is 5.35. The number of methoxy groups -OCH3 is 1. The van der Waals surface area contributed by atoms with Crippen molar-refractivity contribution in [1.29, 1.82) is 5.26 Å². The molecule has 0 N–H and O–H groups in total. The van der Waals surface area contributed by atoms with Gasteiger partial charge in [0, 0.05) is 18.5 Å². The molecule has 0 fully saturated rings. The van der Waals surface area contributed by atoms with Gasteiger partial charge in [0.2, 0.25) is 0 Å². The van der Waals surface area contributed by atoms with Crippen molar-refractivity contribution in [1.82, 2.24) is 4.57 Å². The van der Waals surface area contributed by atoms with E-state index in [0.717, 1.165) is 10.9 Å². The molecule has 2 aromatic carbocycles. The third-order valence-electron chi connectivity index (χ3n) is 3.88. The van der Waals surface area contributed by atoms with Crippen molar-refractivity contribution < 1.29 is 22.6 Å². The fourth-order valence-corrected chi connectivity index (χ4v) is 2.81. The molecular formula is C20H19F3N2O2. The number of aromatic nitrogens is 1. The Balaban J connectivity index is 0.00000126. The van der Waals surface area contributed by atoms with Gasteiger partial charge in [-0.05, 0) is 42.0 Å². The van der Waals surface area contributed by atoms with Crippen molar-refractivity contribution in [3.05, 3.63) is 48.0 Å². The Morgan fingerprint density at radius 2 is 1.59 bits per heavy atom. The Hall–Kier alpha value is -3.14. The van der Waals surface area contributed by atoms with Gasteiger partial charge in [0.05, 0.1) is 23.9 Å². The maximum Gasteiger partial charge on any atom is 0.573 e. The predicted octanol–water partition coefficient (Wildman–Crippen LogP) is 5.65. The molecule has 0 radical (unpaired) electrons. The molecule has 142 valence electrons. The van der Waals surface area contributed by atoms with Gasteiger partial charge in [-0.15, -0.1) is 13.2 Å². The highest BCUT2D eigenvalue weighted by Crippen LogP contribution is 2.35. The molecule has 0 saturated carbocycles. The zero-order chi connectivity index (χ0) is 20.2. The SMILES string of the molecule is CC.COc1ccc2c(C#N)c(-c3ccc(OC(F)(F)F)cc3)n(C)c2c1. The smallest absolute Gasteiger partial charge is 0.497 e. The van der Waals surface area contributed by atoms with Crippen LogP contribution in [0.1, 0.15) is 19.4 Å². The van der Waals surface area contributed by atoms with Crippen LogP contribution in [0.25, 0.3) is 22.2 Å². The molecule has 0 atom stereocenters. The van der Waals surface area contributed by atoms with E-state index in [-0.39, 0.29) is 5.75 Å². The topological polar surface area (TPSA) is 47.2 Å². The Kier molecular flexibility index (Phi) is 6.01. The number of aryl methyl sites for hydroxylation is 1. The van der Waals surface area contributed by atoms with Crippen LogP contribution in [0.4, 0.5) is 13.2 Å². The summed E-state index contributed by atoms with van der Waals surface area (Å²) in [4.78, 5) is 0. The van der Waals surface area contributed by atoms with Crippen LogP contribution in [0.15, 0.2) is 42.5 Å². The van der Waals surface area contributed by atoms with Gasteiger partial charge >= 0.3 is 6.36 Å². The van der Waals surface area contributed by atoms with Gasteiger partial charge in [0.25, 0.3) is 0 Å². The van der Waals surface area contributed by atoms with E-state index in [2.05, 4.69) is 10.8 Å². The first-order valence-corrected chi connectivity index (χ1v) is 8.27. The molecule has 4 nitrogen and oxygen atoms in total. The molecule has 1 heterocycles. The largest absolute Gasteiger partial charge is 0.573 e. The number of nitriles is 1. The number of ether oxygens (including phenoxy) is 2. The third-order valence-corrected chi connectivity index (χ3v) is 3.88. The van der Waals surface area contributed by atoms with E-state index in [1.807, 2.05) is 18.4 Å². The summed E-state index contributed by atoms with van der Waals surface area (Å²) in [6.45, 7) is 4.00. The second-order valence-corrected chi connectivity index (χ2v) is 5.35. The van der Waals surface area contributed by atoms with Crippen LogP contribution in [-0.4, -0.2) is 18.0 Å². The van der Waals surface area contributed by atoms with E-state index in [4.69, 9.17) is 4.74 Å². The summed E-state index contributed by atoms with van der Waals surface area (Å²) in [6.07, 6.45) is -4.74. The summed E-state index contributed by atoms with van der Waals surface area (Å²) >= 11 is 0. The molecule has 0 aliphatic carbocycles. The van der Waals surface area contributed by atoms with Gasteiger partial charge in [-0.2, -0.15) is 5.26 Å². The highest BCUT2D eigenvalue weighted by Gasteiger charge is 2.31. The highest BCUT2D eigenvalue weighted by molar-refractivity contribution is 5.95. The molecule has 0 aliphatic rings. The van der Waals surface area contributed by atoms with Gasteiger partial charge in [-0.25, -0.2) is 0 Å². The Morgan fingerprint density at radius 1 is 1.00 bits per heavy atom. The Morgan fingerprint density at radius 3 is 2.11 bits per heavy atom. The van der Waals surface area contributed by atoms with Crippen molar-refractivity contribution in [2.24, 2.45) is 7.05 Å². The number of rotatable bonds is 3. The monoisotopic (exact) mass is 376 g/mol. The summed E-state index contributed by atoms with van der Waals surface area (Å²) in [5.41, 5.74) is 2.47. The maximum atomic E-state index is 12.3. The summed E-state index contributed by atoms with van der Waals surface area (Å²) in [5.74, 6) is 0.341. The van der Waals surface area contributed by atoms with E-state index >= 15 is 0 Å². The Bertz CT molecular complexity index is 968. The van der Waals surface area contributed by atoms with Crippen LogP contribution >= 0.6 is 0 Å². The lowest BCUT2D eigenvalue weighted by Crippen LogP contribution is -2.16. The molecule has 3 rings (SSSR count). The molecule has 0 amide bonds. The summed E-state index contributed by atoms with van der Waals surface area (Å²) in [6, 6.07) is 13.0. The van der Waals surface area contributed by atoms with Crippen molar-refractivity contribution in [2.75, 3.05) is 7.11 Å². The minimum Gasteiger partial charge on any atom is -0.497 e. The van der Waals surface area contributed by atoms with Crippen molar-refractivity contribution >= 4 is 10.9 Å². The number of hydrogen-bond acceptors (Lipinski definition) is 3. The average Bonchev–Trinajstić information content (AvgIpc) is 2.94. The third kappa shape index (κ3) is 4.17. The number of halogens is 3. The molecule has 0 saturated heterocycles. The van der Waals surface area contributed by atoms with Gasteiger partial charge < -0.3 is 14.0 Å². The molecule has 7 heteroatoms. The van der Waals surface area contributed by atoms with Crippen LogP contribution in [-0.2, 0) is 7.05 Å². The minimum absolute atomic E-state index is 0.310. The zero-order valence-electron chi connectivity index (χ0n) is 15.4. The molecule has 27 heavy (non-hydrogen) atoms. The van der Waals surface area contributed by atoms with Gasteiger partial charge in [0.15, 0.2) is 0 Å². The van der Waals surface area contributed by atoms with Gasteiger partial charge in [-0.1, -0.05) is 13.8 Å². The number of fused-ring (bicyclic) bond motifs is 1. The lowest BCUT2D eigenvalue weighted by molar-refractivity contribution is -0.274. The predicted molar refractivity (Wildman–Crippen MR) is 97.7 cm³/mol. The average molecular weight is 376 g/mol. The van der Waals surface area contributed by atoms with E-state index in [0.29, 0.717) is 22.6 Å². The van der Waals surface area contributed by atoms with Crippen LogP contribution in [0, 0.1) is 11.3 Å². The number of benzene rings is 2. The molecule has 0 bridgehead atoms. The van der Waals surface area contributed by atoms with Crippen LogP contribution in [0.3, 0.4) is 0 Å². The molecule has 3 aromatic rings. The standard InChI is InChI=1S/C18H13F3N2O2.C2H6/c1-23-16-9-13(24-2)7-8-14(16)15(10-22)17(23)11-3-5-12(6-4-11)25-18(19,20)21;1-2/h3-9H,1-2H3;1-2H3. The van der Waals surface area contributed by atoms with Crippen molar-refractivity contribution in [3.8, 4) is 28.8 Å². The van der Waals surface area contributed by atoms with Crippen LogP contribution < -0.4 is 9.47 Å². The summed E-state index contributed by atoms with van der Waals surface area (Å²) in [5, 5.41) is 10.3. The lowest BCUT2D eigenvalue weighted by Gasteiger charge is -2.10. The number of nitrogens with zero attached hydrogens (tertiary/aromatic N) is 2. The first kappa shape index (κ1) is 20.2. The van der Waals surface area contributed by atoms with Gasteiger partial charge in [-0.3, -0.25) is 0 Å². The normalized spacial score (nSPS) is 10.7. The minimum atomic E-state index is -4.74. The molecule has 0 aliphatic heterocycles. The van der Waals surface area contributed by atoms with Crippen LogP contribution in [0.5, 0.6) is 11.5 Å². The summed E-state index contributed by atoms with van der Waals surface area (Å²) in [7, 11) is 3.34. The van der Waals surface area contributed by atoms with Crippen molar-refractivity contribution in [2.45, 2.75) is 20.2 Å². The lowest BCUT2D eigenvalue weighted by atomic mass is 10.1. The second kappa shape index (κ2) is 8.04. The number of hydrogen-bond donors (Lipinski definition) is 0. The fraction of sp³-hybridized carbons (Fsp3) is 0.250. The van der Waals surface area contributed by atoms with Gasteiger partial charge in [0.1, 0.15) is 17.6 Å². The molecule has 0 unspecified atom stereocenters. The molecule has 0 spiro atoms. The summed E-state index contributed by atoms with van der Waals surface area (Å²) < 4.78 is 47.7. The van der Waals surface area contributed by atoms with E-state index in [9.17, 15) is 18.4 Å². The molecular weight excluding hydrogens is 357 g/mol. The van der Waals surface area contributed by atoms with E-state index in [1.54, 1.807) is 32.4 Å². The van der Waals surface area contributed by atoms with E-state index in [1.165, 1.54) is 24.3 Å². The number of alkyl halides is 3. The fourth-order valence-electron chi connectivity index (χ4n) is 2.81. The molecule has 1 aromatic heterocycles. The highest BCUT2D eigenvalue weighted by atomic mass is 19.4. The maximum absolute atomic E-state index is 12.3. The Labute approximate surface area is 155 Å². The first-order chi connectivity index (χ1) is 12.8. The van der Waals surface area contributed by atoms with E-state index < -0.39 is 6.36 Å².